The molecular weight excluding hydrogens is 605 g/mol. The molecule has 7 rings (SSSR count). The number of nitrogens with zero attached hydrogens (tertiary/aromatic N) is 2. The van der Waals surface area contributed by atoms with Gasteiger partial charge >= 0.3 is 12.1 Å². The fourth-order valence-electron chi connectivity index (χ4n) is 8.53. The third-order valence-corrected chi connectivity index (χ3v) is 11.2. The molecule has 4 aliphatic rings. The molecule has 3 aliphatic heterocycles. The van der Waals surface area contributed by atoms with E-state index < -0.39 is 23.4 Å². The fourth-order valence-corrected chi connectivity index (χ4v) is 8.53. The van der Waals surface area contributed by atoms with Crippen molar-refractivity contribution >= 4 is 11.9 Å². The summed E-state index contributed by atoms with van der Waals surface area (Å²) in [6.45, 7) is 4.39. The van der Waals surface area contributed by atoms with Crippen LogP contribution in [0.4, 0.5) is 13.2 Å². The van der Waals surface area contributed by atoms with Crippen LogP contribution in [0.1, 0.15) is 79.2 Å². The molecule has 0 bridgehead atoms. The highest BCUT2D eigenvalue weighted by Gasteiger charge is 2.62. The maximum Gasteiger partial charge on any atom is 0.416 e. The lowest BCUT2D eigenvalue weighted by Crippen LogP contribution is -2.42. The molecule has 2 unspecified atom stereocenters. The quantitative estimate of drug-likeness (QED) is 0.249. The average Bonchev–Trinajstić information content (AvgIpc) is 3.62. The summed E-state index contributed by atoms with van der Waals surface area (Å²) in [5.74, 6) is 0.622. The van der Waals surface area contributed by atoms with E-state index in [-0.39, 0.29) is 37.0 Å². The smallest absolute Gasteiger partial charge is 0.416 e. The molecule has 47 heavy (non-hydrogen) atoms. The SMILES string of the molecule is CC1C2Oc3ccc(C(F)(F)F)cc3CN2C(=O)[C@]12CC[C@@H](N1CCC(c3ccccc3CCC(=O)OCc3ccccc3)CC1)C2. The molecule has 4 atom stereocenters. The van der Waals surface area contributed by atoms with Gasteiger partial charge in [-0.25, -0.2) is 0 Å². The molecule has 248 valence electrons. The number of aryl methyl sites for hydroxylation is 1. The minimum Gasteiger partial charge on any atom is -0.470 e. The van der Waals surface area contributed by atoms with Crippen molar-refractivity contribution in [1.29, 1.82) is 0 Å². The summed E-state index contributed by atoms with van der Waals surface area (Å²) < 4.78 is 51.8. The minimum atomic E-state index is -4.44. The molecule has 3 heterocycles. The summed E-state index contributed by atoms with van der Waals surface area (Å²) in [5.41, 5.74) is 2.63. The van der Waals surface area contributed by atoms with E-state index in [9.17, 15) is 22.8 Å². The van der Waals surface area contributed by atoms with Crippen molar-refractivity contribution < 1.29 is 32.2 Å². The van der Waals surface area contributed by atoms with E-state index in [1.807, 2.05) is 36.4 Å². The van der Waals surface area contributed by atoms with Crippen molar-refractivity contribution in [2.45, 2.75) is 89.4 Å². The second-order valence-corrected chi connectivity index (χ2v) is 13.8. The van der Waals surface area contributed by atoms with Crippen LogP contribution in [0.5, 0.6) is 5.75 Å². The van der Waals surface area contributed by atoms with Crippen LogP contribution >= 0.6 is 0 Å². The first-order chi connectivity index (χ1) is 22.6. The number of likely N-dealkylation sites (tertiary alicyclic amines) is 1. The third kappa shape index (κ3) is 6.15. The Morgan fingerprint density at radius 3 is 2.51 bits per heavy atom. The molecule has 6 nitrogen and oxygen atoms in total. The molecular formula is C38H41F3N2O4. The van der Waals surface area contributed by atoms with Crippen LogP contribution in [0.15, 0.2) is 72.8 Å². The van der Waals surface area contributed by atoms with E-state index in [0.29, 0.717) is 30.1 Å². The third-order valence-electron chi connectivity index (χ3n) is 11.2. The molecule has 1 spiro atoms. The second kappa shape index (κ2) is 12.6. The normalized spacial score (nSPS) is 26.3. The Balaban J connectivity index is 0.949. The van der Waals surface area contributed by atoms with Crippen LogP contribution in [0, 0.1) is 11.3 Å². The van der Waals surface area contributed by atoms with Gasteiger partial charge in [0.05, 0.1) is 17.5 Å². The lowest BCUT2D eigenvalue weighted by molar-refractivity contribution is -0.145. The topological polar surface area (TPSA) is 59.1 Å². The Morgan fingerprint density at radius 1 is 1.00 bits per heavy atom. The Hall–Kier alpha value is -3.85. The maximum absolute atomic E-state index is 14.0. The highest BCUT2D eigenvalue weighted by atomic mass is 19.4. The number of rotatable bonds is 7. The van der Waals surface area contributed by atoms with Gasteiger partial charge in [0.15, 0.2) is 6.23 Å². The predicted molar refractivity (Wildman–Crippen MR) is 170 cm³/mol. The molecule has 3 aromatic carbocycles. The van der Waals surface area contributed by atoms with Crippen molar-refractivity contribution in [3.8, 4) is 5.75 Å². The van der Waals surface area contributed by atoms with Crippen molar-refractivity contribution in [2.75, 3.05) is 13.1 Å². The molecule has 1 amide bonds. The Labute approximate surface area is 273 Å². The van der Waals surface area contributed by atoms with Gasteiger partial charge in [0.2, 0.25) is 5.91 Å². The molecule has 0 radical (unpaired) electrons. The molecule has 1 aliphatic carbocycles. The van der Waals surface area contributed by atoms with Gasteiger partial charge in [-0.1, -0.05) is 61.5 Å². The number of fused-ring (bicyclic) bond motifs is 2. The zero-order valence-corrected chi connectivity index (χ0v) is 26.7. The standard InChI is InChI=1S/C38H41F3N2O4/c1-25-35-43(23-29-21-30(38(39,40)41)12-13-33(29)47-35)36(45)37(25)18-15-31(22-37)42-19-16-28(17-20-42)32-10-6-5-9-27(32)11-14-34(44)46-24-26-7-3-2-4-8-26/h2-10,12-13,21,25,28,31,35H,11,14-20,22-24H2,1H3/t25?,31-,35?,37+/m1/s1. The van der Waals surface area contributed by atoms with Gasteiger partial charge in [-0.2, -0.15) is 13.2 Å². The summed E-state index contributed by atoms with van der Waals surface area (Å²) in [5, 5.41) is 0. The average molecular weight is 647 g/mol. The molecule has 0 N–H and O–H groups in total. The summed E-state index contributed by atoms with van der Waals surface area (Å²) in [6, 6.07) is 22.0. The lowest BCUT2D eigenvalue weighted by atomic mass is 9.76. The van der Waals surface area contributed by atoms with E-state index in [1.165, 1.54) is 17.2 Å². The summed E-state index contributed by atoms with van der Waals surface area (Å²) in [4.78, 5) is 30.7. The van der Waals surface area contributed by atoms with Crippen LogP contribution in [0.3, 0.4) is 0 Å². The number of amides is 1. The lowest BCUT2D eigenvalue weighted by Gasteiger charge is -2.37. The van der Waals surface area contributed by atoms with Crippen LogP contribution in [0.2, 0.25) is 0 Å². The highest BCUT2D eigenvalue weighted by molar-refractivity contribution is 5.86. The molecule has 0 aromatic heterocycles. The zero-order chi connectivity index (χ0) is 32.8. The fraction of sp³-hybridized carbons (Fsp3) is 0.474. The summed E-state index contributed by atoms with van der Waals surface area (Å²) in [7, 11) is 0. The van der Waals surface area contributed by atoms with Crippen LogP contribution in [-0.2, 0) is 40.1 Å². The number of alkyl halides is 3. The predicted octanol–water partition coefficient (Wildman–Crippen LogP) is 7.50. The number of carbonyl (C=O) groups is 2. The molecule has 2 saturated heterocycles. The number of hydrogen-bond acceptors (Lipinski definition) is 5. The maximum atomic E-state index is 14.0. The number of halogens is 3. The summed E-state index contributed by atoms with van der Waals surface area (Å²) >= 11 is 0. The van der Waals surface area contributed by atoms with Gasteiger partial charge in [0.1, 0.15) is 12.4 Å². The van der Waals surface area contributed by atoms with E-state index in [2.05, 4.69) is 30.0 Å². The van der Waals surface area contributed by atoms with Crippen LogP contribution < -0.4 is 4.74 Å². The minimum absolute atomic E-state index is 0.0201. The molecule has 3 fully saturated rings. The Bertz CT molecular complexity index is 1620. The van der Waals surface area contributed by atoms with Gasteiger partial charge in [0.25, 0.3) is 0 Å². The van der Waals surface area contributed by atoms with Crippen molar-refractivity contribution in [2.24, 2.45) is 11.3 Å². The first kappa shape index (κ1) is 31.7. The monoisotopic (exact) mass is 646 g/mol. The van der Waals surface area contributed by atoms with E-state index in [1.54, 1.807) is 4.90 Å². The van der Waals surface area contributed by atoms with Gasteiger partial charge in [-0.15, -0.1) is 0 Å². The number of carbonyl (C=O) groups excluding carboxylic acids is 2. The highest BCUT2D eigenvalue weighted by Crippen LogP contribution is 2.56. The second-order valence-electron chi connectivity index (χ2n) is 13.8. The van der Waals surface area contributed by atoms with Crippen molar-refractivity contribution in [3.05, 3.63) is 101 Å². The molecule has 9 heteroatoms. The Morgan fingerprint density at radius 2 is 1.74 bits per heavy atom. The summed E-state index contributed by atoms with van der Waals surface area (Å²) in [6.07, 6.45) is 0.554. The van der Waals surface area contributed by atoms with Crippen LogP contribution in [-0.4, -0.2) is 47.0 Å². The van der Waals surface area contributed by atoms with Gasteiger partial charge in [-0.05, 0) is 92.4 Å². The van der Waals surface area contributed by atoms with Crippen LogP contribution in [0.25, 0.3) is 0 Å². The van der Waals surface area contributed by atoms with Gasteiger partial charge in [-0.3, -0.25) is 9.59 Å². The van der Waals surface area contributed by atoms with E-state index in [4.69, 9.17) is 9.47 Å². The number of piperidine rings is 1. The first-order valence-corrected chi connectivity index (χ1v) is 16.8. The number of benzene rings is 3. The molecule has 1 saturated carbocycles. The van der Waals surface area contributed by atoms with Gasteiger partial charge < -0.3 is 19.3 Å². The van der Waals surface area contributed by atoms with Gasteiger partial charge in [0, 0.05) is 23.9 Å². The Kier molecular flexibility index (Phi) is 8.53. The largest absolute Gasteiger partial charge is 0.470 e. The number of ether oxygens (including phenoxy) is 2. The number of esters is 1. The number of hydrogen-bond donors (Lipinski definition) is 0. The van der Waals surface area contributed by atoms with E-state index >= 15 is 0 Å². The van der Waals surface area contributed by atoms with E-state index in [0.717, 1.165) is 62.9 Å². The molecule has 3 aromatic rings. The first-order valence-electron chi connectivity index (χ1n) is 16.8. The van der Waals surface area contributed by atoms with Crippen molar-refractivity contribution in [3.63, 3.8) is 0 Å². The van der Waals surface area contributed by atoms with Crippen molar-refractivity contribution in [1.82, 2.24) is 9.80 Å². The zero-order valence-electron chi connectivity index (χ0n) is 26.7.